The normalized spacial score (nSPS) is 14.9. The molecule has 0 radical (unpaired) electrons. The highest BCUT2D eigenvalue weighted by atomic mass is 16.3. The fourth-order valence-electron chi connectivity index (χ4n) is 2.79. The number of likely N-dealkylation sites (N-methyl/N-ethyl adjacent to an activating group) is 1. The fourth-order valence-corrected chi connectivity index (χ4v) is 2.79. The number of carbonyl (C=O) groups is 2. The average Bonchev–Trinajstić information content (AvgIpc) is 2.70. The van der Waals surface area contributed by atoms with E-state index < -0.39 is 5.60 Å². The highest BCUT2D eigenvalue weighted by molar-refractivity contribution is 6.21. The van der Waals surface area contributed by atoms with Gasteiger partial charge in [0.2, 0.25) is 0 Å². The van der Waals surface area contributed by atoms with Gasteiger partial charge in [-0.1, -0.05) is 19.1 Å². The maximum absolute atomic E-state index is 12.2. The number of nitrogens with zero attached hydrogens (tertiary/aromatic N) is 2. The minimum atomic E-state index is -0.745. The Balaban J connectivity index is 1.91. The molecule has 0 aromatic heterocycles. The Labute approximate surface area is 131 Å². The molecule has 22 heavy (non-hydrogen) atoms. The molecule has 0 atom stereocenters. The van der Waals surface area contributed by atoms with Crippen LogP contribution in [-0.2, 0) is 0 Å². The van der Waals surface area contributed by atoms with Crippen LogP contribution in [0.2, 0.25) is 0 Å². The predicted octanol–water partition coefficient (Wildman–Crippen LogP) is 1.77. The molecule has 0 aliphatic carbocycles. The minimum Gasteiger partial charge on any atom is -0.389 e. The summed E-state index contributed by atoms with van der Waals surface area (Å²) in [6.45, 7) is 8.15. The first-order valence-electron chi connectivity index (χ1n) is 7.73. The number of imide groups is 1. The monoisotopic (exact) mass is 304 g/mol. The van der Waals surface area contributed by atoms with Gasteiger partial charge < -0.3 is 10.0 Å². The second kappa shape index (κ2) is 6.58. The summed E-state index contributed by atoms with van der Waals surface area (Å²) in [5.41, 5.74) is 0.249. The van der Waals surface area contributed by atoms with Crippen molar-refractivity contribution in [2.45, 2.75) is 32.8 Å². The molecular formula is C17H24N2O3. The number of benzene rings is 1. The summed E-state index contributed by atoms with van der Waals surface area (Å²) in [6.07, 6.45) is 0.704. The lowest BCUT2D eigenvalue weighted by Gasteiger charge is -2.28. The minimum absolute atomic E-state index is 0.203. The van der Waals surface area contributed by atoms with Crippen molar-refractivity contribution in [3.63, 3.8) is 0 Å². The fraction of sp³-hybridized carbons (Fsp3) is 0.529. The van der Waals surface area contributed by atoms with Gasteiger partial charge in [0, 0.05) is 13.1 Å². The quantitative estimate of drug-likeness (QED) is 0.780. The van der Waals surface area contributed by atoms with Crippen LogP contribution in [0.5, 0.6) is 0 Å². The van der Waals surface area contributed by atoms with E-state index >= 15 is 0 Å². The molecule has 2 amide bonds. The SMILES string of the molecule is CCN(CCCN1C(=O)c2ccccc2C1=O)CC(C)(C)O. The Bertz CT molecular complexity index is 528. The second-order valence-electron chi connectivity index (χ2n) is 6.34. The predicted molar refractivity (Wildman–Crippen MR) is 84.8 cm³/mol. The van der Waals surface area contributed by atoms with Crippen molar-refractivity contribution < 1.29 is 14.7 Å². The zero-order chi connectivity index (χ0) is 16.3. The van der Waals surface area contributed by atoms with Gasteiger partial charge in [-0.3, -0.25) is 14.5 Å². The van der Waals surface area contributed by atoms with Gasteiger partial charge in [-0.15, -0.1) is 0 Å². The van der Waals surface area contributed by atoms with E-state index in [0.29, 0.717) is 30.6 Å². The summed E-state index contributed by atoms with van der Waals surface area (Å²) in [5, 5.41) is 9.87. The zero-order valence-corrected chi connectivity index (χ0v) is 13.5. The van der Waals surface area contributed by atoms with E-state index in [1.807, 2.05) is 6.92 Å². The Hall–Kier alpha value is -1.72. The van der Waals surface area contributed by atoms with E-state index in [9.17, 15) is 14.7 Å². The molecule has 1 aromatic carbocycles. The number of carbonyl (C=O) groups excluding carboxylic acids is 2. The van der Waals surface area contributed by atoms with Crippen molar-refractivity contribution in [1.82, 2.24) is 9.80 Å². The Morgan fingerprint density at radius 3 is 2.14 bits per heavy atom. The number of fused-ring (bicyclic) bond motifs is 1. The molecule has 0 unspecified atom stereocenters. The molecule has 1 heterocycles. The van der Waals surface area contributed by atoms with Gasteiger partial charge in [0.25, 0.3) is 11.8 Å². The molecule has 1 aromatic rings. The van der Waals surface area contributed by atoms with Crippen LogP contribution in [0.15, 0.2) is 24.3 Å². The number of hydrogen-bond donors (Lipinski definition) is 1. The zero-order valence-electron chi connectivity index (χ0n) is 13.5. The van der Waals surface area contributed by atoms with Crippen molar-refractivity contribution in [2.24, 2.45) is 0 Å². The molecule has 1 aliphatic heterocycles. The van der Waals surface area contributed by atoms with Gasteiger partial charge in [0.15, 0.2) is 0 Å². The standard InChI is InChI=1S/C17H24N2O3/c1-4-18(12-17(2,3)22)10-7-11-19-15(20)13-8-5-6-9-14(13)16(19)21/h5-6,8-9,22H,4,7,10-12H2,1-3H3. The van der Waals surface area contributed by atoms with Gasteiger partial charge in [-0.25, -0.2) is 0 Å². The van der Waals surface area contributed by atoms with Crippen LogP contribution >= 0.6 is 0 Å². The molecule has 0 saturated heterocycles. The van der Waals surface area contributed by atoms with E-state index in [2.05, 4.69) is 4.90 Å². The molecular weight excluding hydrogens is 280 g/mol. The number of aliphatic hydroxyl groups is 1. The third-order valence-electron chi connectivity index (χ3n) is 3.79. The van der Waals surface area contributed by atoms with Crippen molar-refractivity contribution in [3.05, 3.63) is 35.4 Å². The van der Waals surface area contributed by atoms with Crippen molar-refractivity contribution in [1.29, 1.82) is 0 Å². The average molecular weight is 304 g/mol. The molecule has 2 rings (SSSR count). The molecule has 0 fully saturated rings. The van der Waals surface area contributed by atoms with E-state index in [4.69, 9.17) is 0 Å². The topological polar surface area (TPSA) is 60.9 Å². The van der Waals surface area contributed by atoms with Crippen molar-refractivity contribution in [2.75, 3.05) is 26.2 Å². The Morgan fingerprint density at radius 1 is 1.14 bits per heavy atom. The van der Waals surface area contributed by atoms with Gasteiger partial charge in [0.1, 0.15) is 0 Å². The van der Waals surface area contributed by atoms with Crippen LogP contribution in [0.3, 0.4) is 0 Å². The summed E-state index contributed by atoms with van der Waals surface area (Å²) in [4.78, 5) is 27.9. The summed E-state index contributed by atoms with van der Waals surface area (Å²) in [5.74, 6) is -0.405. The van der Waals surface area contributed by atoms with Crippen LogP contribution in [0.25, 0.3) is 0 Å². The summed E-state index contributed by atoms with van der Waals surface area (Å²) < 4.78 is 0. The van der Waals surface area contributed by atoms with E-state index in [1.165, 1.54) is 4.90 Å². The van der Waals surface area contributed by atoms with Crippen LogP contribution < -0.4 is 0 Å². The lowest BCUT2D eigenvalue weighted by molar-refractivity contribution is 0.0360. The van der Waals surface area contributed by atoms with E-state index in [0.717, 1.165) is 13.1 Å². The van der Waals surface area contributed by atoms with Crippen LogP contribution in [0.4, 0.5) is 0 Å². The molecule has 5 nitrogen and oxygen atoms in total. The molecule has 0 saturated carbocycles. The Morgan fingerprint density at radius 2 is 1.68 bits per heavy atom. The van der Waals surface area contributed by atoms with Gasteiger partial charge in [-0.2, -0.15) is 0 Å². The third-order valence-corrected chi connectivity index (χ3v) is 3.79. The first-order valence-corrected chi connectivity index (χ1v) is 7.73. The maximum atomic E-state index is 12.2. The number of hydrogen-bond acceptors (Lipinski definition) is 4. The molecule has 120 valence electrons. The lowest BCUT2D eigenvalue weighted by Crippen LogP contribution is -2.40. The summed E-state index contributed by atoms with van der Waals surface area (Å²) >= 11 is 0. The Kier molecular flexibility index (Phi) is 4.98. The lowest BCUT2D eigenvalue weighted by atomic mass is 10.1. The van der Waals surface area contributed by atoms with Crippen molar-refractivity contribution in [3.8, 4) is 0 Å². The maximum Gasteiger partial charge on any atom is 0.261 e. The highest BCUT2D eigenvalue weighted by Gasteiger charge is 2.34. The first-order chi connectivity index (χ1) is 10.3. The summed E-state index contributed by atoms with van der Waals surface area (Å²) in [6, 6.07) is 6.94. The van der Waals surface area contributed by atoms with Crippen LogP contribution in [0.1, 0.15) is 47.9 Å². The smallest absolute Gasteiger partial charge is 0.261 e. The number of amides is 2. The number of rotatable bonds is 7. The molecule has 1 N–H and O–H groups in total. The van der Waals surface area contributed by atoms with E-state index in [1.54, 1.807) is 38.1 Å². The molecule has 1 aliphatic rings. The highest BCUT2D eigenvalue weighted by Crippen LogP contribution is 2.22. The van der Waals surface area contributed by atoms with Crippen molar-refractivity contribution >= 4 is 11.8 Å². The largest absolute Gasteiger partial charge is 0.389 e. The molecule has 5 heteroatoms. The second-order valence-corrected chi connectivity index (χ2v) is 6.34. The van der Waals surface area contributed by atoms with E-state index in [-0.39, 0.29) is 11.8 Å². The van der Waals surface area contributed by atoms with Gasteiger partial charge in [-0.05, 0) is 45.5 Å². The third kappa shape index (κ3) is 3.72. The van der Waals surface area contributed by atoms with Gasteiger partial charge in [0.05, 0.1) is 16.7 Å². The first kappa shape index (κ1) is 16.6. The van der Waals surface area contributed by atoms with Gasteiger partial charge >= 0.3 is 0 Å². The van der Waals surface area contributed by atoms with Crippen LogP contribution in [-0.4, -0.2) is 58.5 Å². The summed E-state index contributed by atoms with van der Waals surface area (Å²) in [7, 11) is 0. The molecule has 0 bridgehead atoms. The molecule has 0 spiro atoms. The van der Waals surface area contributed by atoms with Crippen LogP contribution in [0, 0.1) is 0 Å².